The number of halogens is 1. The standard InChI is InChI=1S/C17H26FNO/c1-14-11-15(2)13-19(12-14)9-3-4-10-20-17-7-5-16(18)6-8-17/h5-8,14-15H,3-4,9-13H2,1-2H3/p+1/t14-,15+. The predicted molar refractivity (Wildman–Crippen MR) is 79.6 cm³/mol. The van der Waals surface area contributed by atoms with E-state index in [1.807, 2.05) is 0 Å². The highest BCUT2D eigenvalue weighted by molar-refractivity contribution is 5.21. The number of hydrogen-bond donors (Lipinski definition) is 1. The number of piperidine rings is 1. The first kappa shape index (κ1) is 15.3. The van der Waals surface area contributed by atoms with Gasteiger partial charge in [0.2, 0.25) is 0 Å². The average molecular weight is 280 g/mol. The molecule has 1 saturated heterocycles. The van der Waals surface area contributed by atoms with Gasteiger partial charge in [-0.05, 0) is 43.5 Å². The molecule has 0 saturated carbocycles. The molecule has 1 unspecified atom stereocenters. The molecule has 0 aromatic heterocycles. The van der Waals surface area contributed by atoms with Crippen molar-refractivity contribution in [2.45, 2.75) is 33.1 Å². The van der Waals surface area contributed by atoms with E-state index in [1.54, 1.807) is 17.0 Å². The van der Waals surface area contributed by atoms with E-state index in [0.717, 1.165) is 30.6 Å². The fourth-order valence-electron chi connectivity index (χ4n) is 3.32. The van der Waals surface area contributed by atoms with Crippen molar-refractivity contribution in [2.24, 2.45) is 11.8 Å². The molecule has 20 heavy (non-hydrogen) atoms. The van der Waals surface area contributed by atoms with Gasteiger partial charge in [0.1, 0.15) is 11.6 Å². The van der Waals surface area contributed by atoms with Crippen LogP contribution in [0, 0.1) is 17.7 Å². The first-order chi connectivity index (χ1) is 9.63. The summed E-state index contributed by atoms with van der Waals surface area (Å²) >= 11 is 0. The van der Waals surface area contributed by atoms with Crippen molar-refractivity contribution in [1.82, 2.24) is 0 Å². The Morgan fingerprint density at radius 3 is 2.40 bits per heavy atom. The zero-order valence-corrected chi connectivity index (χ0v) is 12.7. The number of unbranched alkanes of at least 4 members (excludes halogenated alkanes) is 1. The number of benzene rings is 1. The lowest BCUT2D eigenvalue weighted by atomic mass is 9.92. The van der Waals surface area contributed by atoms with E-state index in [4.69, 9.17) is 4.74 Å². The number of nitrogens with one attached hydrogen (secondary N) is 1. The zero-order valence-electron chi connectivity index (χ0n) is 12.7. The van der Waals surface area contributed by atoms with Gasteiger partial charge in [0.15, 0.2) is 0 Å². The molecule has 0 aliphatic carbocycles. The Labute approximate surface area is 121 Å². The minimum absolute atomic E-state index is 0.214. The van der Waals surface area contributed by atoms with Gasteiger partial charge >= 0.3 is 0 Å². The third-order valence-corrected chi connectivity index (χ3v) is 4.09. The average Bonchev–Trinajstić information content (AvgIpc) is 2.39. The molecule has 0 spiro atoms. The maximum absolute atomic E-state index is 12.7. The molecule has 3 atom stereocenters. The summed E-state index contributed by atoms with van der Waals surface area (Å²) in [4.78, 5) is 1.75. The third kappa shape index (κ3) is 5.12. The molecular weight excluding hydrogens is 253 g/mol. The second-order valence-corrected chi connectivity index (χ2v) is 6.36. The van der Waals surface area contributed by atoms with Gasteiger partial charge in [-0.1, -0.05) is 13.8 Å². The summed E-state index contributed by atoms with van der Waals surface area (Å²) in [6.45, 7) is 9.36. The molecule has 112 valence electrons. The van der Waals surface area contributed by atoms with Gasteiger partial charge in [-0.25, -0.2) is 4.39 Å². The maximum atomic E-state index is 12.7. The van der Waals surface area contributed by atoms with Crippen LogP contribution in [0.1, 0.15) is 33.1 Å². The molecule has 1 aliphatic rings. The second kappa shape index (κ2) is 7.63. The van der Waals surface area contributed by atoms with Crippen LogP contribution >= 0.6 is 0 Å². The SMILES string of the molecule is C[C@@H]1C[C@H](C)C[NH+](CCCCOc2ccc(F)cc2)C1. The van der Waals surface area contributed by atoms with Gasteiger partial charge in [-0.15, -0.1) is 0 Å². The van der Waals surface area contributed by atoms with Gasteiger partial charge in [0.25, 0.3) is 0 Å². The van der Waals surface area contributed by atoms with Crippen molar-refractivity contribution in [2.75, 3.05) is 26.2 Å². The molecule has 1 aromatic rings. The van der Waals surface area contributed by atoms with Crippen LogP contribution < -0.4 is 9.64 Å². The van der Waals surface area contributed by atoms with E-state index in [2.05, 4.69) is 13.8 Å². The highest BCUT2D eigenvalue weighted by atomic mass is 19.1. The molecule has 1 N–H and O–H groups in total. The van der Waals surface area contributed by atoms with E-state index >= 15 is 0 Å². The van der Waals surface area contributed by atoms with E-state index in [-0.39, 0.29) is 5.82 Å². The normalized spacial score (nSPS) is 26.4. The summed E-state index contributed by atoms with van der Waals surface area (Å²) < 4.78 is 18.4. The molecule has 3 heteroatoms. The molecule has 0 bridgehead atoms. The van der Waals surface area contributed by atoms with E-state index in [9.17, 15) is 4.39 Å². The van der Waals surface area contributed by atoms with Crippen LogP contribution in [-0.4, -0.2) is 26.2 Å². The van der Waals surface area contributed by atoms with E-state index < -0.39 is 0 Å². The topological polar surface area (TPSA) is 13.7 Å². The van der Waals surface area contributed by atoms with Gasteiger partial charge in [-0.2, -0.15) is 0 Å². The number of likely N-dealkylation sites (tertiary alicyclic amines) is 1. The number of rotatable bonds is 6. The van der Waals surface area contributed by atoms with Crippen LogP contribution in [-0.2, 0) is 0 Å². The molecule has 2 nitrogen and oxygen atoms in total. The molecule has 0 radical (unpaired) electrons. The zero-order chi connectivity index (χ0) is 14.4. The summed E-state index contributed by atoms with van der Waals surface area (Å²) in [6, 6.07) is 6.26. The molecule has 1 aliphatic heterocycles. The number of hydrogen-bond acceptors (Lipinski definition) is 1. The fourth-order valence-corrected chi connectivity index (χ4v) is 3.32. The van der Waals surface area contributed by atoms with Gasteiger partial charge < -0.3 is 9.64 Å². The van der Waals surface area contributed by atoms with Crippen molar-refractivity contribution in [3.8, 4) is 5.75 Å². The number of quaternary nitrogens is 1. The lowest BCUT2D eigenvalue weighted by Crippen LogP contribution is -3.14. The van der Waals surface area contributed by atoms with Gasteiger partial charge in [-0.3, -0.25) is 0 Å². The lowest BCUT2D eigenvalue weighted by molar-refractivity contribution is -0.912. The van der Waals surface area contributed by atoms with Crippen molar-refractivity contribution >= 4 is 0 Å². The number of ether oxygens (including phenoxy) is 1. The van der Waals surface area contributed by atoms with Crippen molar-refractivity contribution in [1.29, 1.82) is 0 Å². The van der Waals surface area contributed by atoms with Crippen LogP contribution in [0.5, 0.6) is 5.75 Å². The monoisotopic (exact) mass is 280 g/mol. The highest BCUT2D eigenvalue weighted by Crippen LogP contribution is 2.13. The summed E-state index contributed by atoms with van der Waals surface area (Å²) in [5.74, 6) is 2.28. The van der Waals surface area contributed by atoms with Crippen molar-refractivity contribution in [3.05, 3.63) is 30.1 Å². The van der Waals surface area contributed by atoms with Crippen molar-refractivity contribution in [3.63, 3.8) is 0 Å². The fraction of sp³-hybridized carbons (Fsp3) is 0.647. The second-order valence-electron chi connectivity index (χ2n) is 6.36. The summed E-state index contributed by atoms with van der Waals surface area (Å²) in [6.07, 6.45) is 3.66. The Balaban J connectivity index is 1.58. The summed E-state index contributed by atoms with van der Waals surface area (Å²) in [5.41, 5.74) is 0. The molecule has 1 fully saturated rings. The van der Waals surface area contributed by atoms with Gasteiger partial charge in [0, 0.05) is 11.8 Å². The van der Waals surface area contributed by atoms with Crippen LogP contribution in [0.3, 0.4) is 0 Å². The first-order valence-corrected chi connectivity index (χ1v) is 7.85. The van der Waals surface area contributed by atoms with Gasteiger partial charge in [0.05, 0.1) is 26.2 Å². The molecule has 0 amide bonds. The van der Waals surface area contributed by atoms with E-state index in [1.165, 1.54) is 44.6 Å². The largest absolute Gasteiger partial charge is 0.494 e. The summed E-state index contributed by atoms with van der Waals surface area (Å²) in [7, 11) is 0. The predicted octanol–water partition coefficient (Wildman–Crippen LogP) is 2.55. The quantitative estimate of drug-likeness (QED) is 0.791. The van der Waals surface area contributed by atoms with Crippen LogP contribution in [0.15, 0.2) is 24.3 Å². The highest BCUT2D eigenvalue weighted by Gasteiger charge is 2.24. The maximum Gasteiger partial charge on any atom is 0.123 e. The lowest BCUT2D eigenvalue weighted by Gasteiger charge is -2.32. The van der Waals surface area contributed by atoms with Crippen LogP contribution in [0.25, 0.3) is 0 Å². The van der Waals surface area contributed by atoms with E-state index in [0.29, 0.717) is 0 Å². The molecule has 2 rings (SSSR count). The molecule has 1 aromatic carbocycles. The Morgan fingerprint density at radius 1 is 1.10 bits per heavy atom. The smallest absolute Gasteiger partial charge is 0.123 e. The Hall–Kier alpha value is -1.09. The minimum atomic E-state index is -0.214. The van der Waals surface area contributed by atoms with Crippen LogP contribution in [0.2, 0.25) is 0 Å². The van der Waals surface area contributed by atoms with Crippen molar-refractivity contribution < 1.29 is 14.0 Å². The Morgan fingerprint density at radius 2 is 1.75 bits per heavy atom. The first-order valence-electron chi connectivity index (χ1n) is 7.85. The molecular formula is C17H27FNO+. The molecule has 1 heterocycles. The third-order valence-electron chi connectivity index (χ3n) is 4.09. The minimum Gasteiger partial charge on any atom is -0.494 e. The Bertz CT molecular complexity index is 382. The Kier molecular flexibility index (Phi) is 5.84. The summed E-state index contributed by atoms with van der Waals surface area (Å²) in [5, 5.41) is 0. The van der Waals surface area contributed by atoms with Crippen LogP contribution in [0.4, 0.5) is 4.39 Å².